The Morgan fingerprint density at radius 1 is 1.15 bits per heavy atom. The molecule has 0 spiro atoms. The summed E-state index contributed by atoms with van der Waals surface area (Å²) >= 11 is 0. The highest BCUT2D eigenvalue weighted by molar-refractivity contribution is 5.94. The van der Waals surface area contributed by atoms with Gasteiger partial charge in [-0.05, 0) is 36.0 Å². The number of nitrogens with zero attached hydrogens (tertiary/aromatic N) is 3. The van der Waals surface area contributed by atoms with Gasteiger partial charge in [0.05, 0.1) is 14.2 Å². The van der Waals surface area contributed by atoms with E-state index >= 15 is 0 Å². The van der Waals surface area contributed by atoms with E-state index in [0.717, 1.165) is 12.8 Å². The van der Waals surface area contributed by atoms with Gasteiger partial charge in [0.25, 0.3) is 0 Å². The van der Waals surface area contributed by atoms with Gasteiger partial charge in [-0.1, -0.05) is 34.6 Å². The molecular formula is C20H35N3O4. The molecule has 1 fully saturated rings. The highest BCUT2D eigenvalue weighted by Gasteiger charge is 2.45. The van der Waals surface area contributed by atoms with Crippen LogP contribution in [0.1, 0.15) is 47.5 Å². The lowest BCUT2D eigenvalue weighted by Crippen LogP contribution is -2.51. The number of carboxylic acid groups (broad SMARTS) is 1. The largest absolute Gasteiger partial charge is 0.483 e. The van der Waals surface area contributed by atoms with E-state index in [2.05, 4.69) is 34.6 Å². The minimum Gasteiger partial charge on any atom is -0.483 e. The smallest absolute Gasteiger partial charge is 0.407 e. The minimum absolute atomic E-state index is 0.0941. The molecule has 1 amide bonds. The monoisotopic (exact) mass is 381 g/mol. The number of amides is 1. The first-order valence-corrected chi connectivity index (χ1v) is 9.81. The standard InChI is InChI=1S/C20H35N3O4/c1-12(2)15-17(26-6)22-16(18(21-15)27-7)14(20(3,4)5)13-9-8-10-23(11-13)19(24)25/h12-16H,8-11H2,1-7H3,(H,24,25)/t13-,14?,15?,16+/m1/s1. The van der Waals surface area contributed by atoms with Crippen LogP contribution in [0.5, 0.6) is 0 Å². The number of ether oxygens (including phenoxy) is 2. The van der Waals surface area contributed by atoms with E-state index in [1.165, 1.54) is 4.90 Å². The van der Waals surface area contributed by atoms with Crippen molar-refractivity contribution in [2.75, 3.05) is 27.3 Å². The SMILES string of the molecule is COC1=N[C@@H](C([C@@H]2CCCN(C(=O)O)C2)C(C)(C)C)C(OC)=NC1C(C)C. The zero-order valence-corrected chi connectivity index (χ0v) is 17.7. The zero-order valence-electron chi connectivity index (χ0n) is 17.7. The van der Waals surface area contributed by atoms with Crippen LogP contribution in [0.25, 0.3) is 0 Å². The number of rotatable bonds is 3. The molecule has 0 bridgehead atoms. The molecular weight excluding hydrogens is 346 g/mol. The van der Waals surface area contributed by atoms with Crippen molar-refractivity contribution >= 4 is 17.9 Å². The Balaban J connectivity index is 2.42. The fourth-order valence-corrected chi connectivity index (χ4v) is 4.47. The molecule has 27 heavy (non-hydrogen) atoms. The zero-order chi connectivity index (χ0) is 20.4. The molecule has 0 aromatic heterocycles. The highest BCUT2D eigenvalue weighted by atomic mass is 16.5. The Labute approximate surface area is 162 Å². The lowest BCUT2D eigenvalue weighted by Gasteiger charge is -2.45. The number of hydrogen-bond donors (Lipinski definition) is 1. The van der Waals surface area contributed by atoms with Gasteiger partial charge >= 0.3 is 6.09 Å². The molecule has 2 unspecified atom stereocenters. The predicted molar refractivity (Wildman–Crippen MR) is 107 cm³/mol. The molecule has 0 aliphatic carbocycles. The van der Waals surface area contributed by atoms with Gasteiger partial charge in [-0.25, -0.2) is 14.8 Å². The Hall–Kier alpha value is -1.79. The molecule has 2 aliphatic heterocycles. The molecule has 7 nitrogen and oxygen atoms in total. The molecule has 4 atom stereocenters. The summed E-state index contributed by atoms with van der Waals surface area (Å²) in [5.41, 5.74) is -0.0941. The summed E-state index contributed by atoms with van der Waals surface area (Å²) in [7, 11) is 3.28. The maximum Gasteiger partial charge on any atom is 0.407 e. The molecule has 0 aromatic rings. The van der Waals surface area contributed by atoms with E-state index in [0.29, 0.717) is 24.9 Å². The van der Waals surface area contributed by atoms with Crippen molar-refractivity contribution in [1.82, 2.24) is 4.90 Å². The molecule has 7 heteroatoms. The van der Waals surface area contributed by atoms with Crippen molar-refractivity contribution in [2.24, 2.45) is 33.2 Å². The molecule has 2 rings (SSSR count). The van der Waals surface area contributed by atoms with Crippen molar-refractivity contribution in [2.45, 2.75) is 59.5 Å². The van der Waals surface area contributed by atoms with E-state index in [-0.39, 0.29) is 35.3 Å². The molecule has 2 aliphatic rings. The summed E-state index contributed by atoms with van der Waals surface area (Å²) in [5, 5.41) is 9.45. The second-order valence-corrected chi connectivity index (χ2v) is 9.00. The molecule has 1 saturated heterocycles. The Morgan fingerprint density at radius 3 is 2.19 bits per heavy atom. The maximum atomic E-state index is 11.5. The number of aliphatic imine (C=N–C) groups is 2. The quantitative estimate of drug-likeness (QED) is 0.810. The number of likely N-dealkylation sites (tertiary alicyclic amines) is 1. The van der Waals surface area contributed by atoms with E-state index in [1.807, 2.05) is 0 Å². The molecule has 0 aromatic carbocycles. The summed E-state index contributed by atoms with van der Waals surface area (Å²) in [6, 6.07) is -0.414. The van der Waals surface area contributed by atoms with Crippen LogP contribution >= 0.6 is 0 Å². The third-order valence-corrected chi connectivity index (χ3v) is 5.66. The van der Waals surface area contributed by atoms with Crippen LogP contribution in [0, 0.1) is 23.2 Å². The van der Waals surface area contributed by atoms with Crippen LogP contribution in [-0.4, -0.2) is 67.3 Å². The van der Waals surface area contributed by atoms with Gasteiger partial charge in [-0.15, -0.1) is 0 Å². The van der Waals surface area contributed by atoms with Crippen molar-refractivity contribution in [3.8, 4) is 0 Å². The molecule has 154 valence electrons. The lowest BCUT2D eigenvalue weighted by molar-refractivity contribution is 0.0630. The van der Waals surface area contributed by atoms with E-state index in [1.54, 1.807) is 14.2 Å². The fourth-order valence-electron chi connectivity index (χ4n) is 4.47. The van der Waals surface area contributed by atoms with E-state index in [9.17, 15) is 9.90 Å². The third kappa shape index (κ3) is 4.74. The van der Waals surface area contributed by atoms with E-state index in [4.69, 9.17) is 19.5 Å². The van der Waals surface area contributed by atoms with Gasteiger partial charge in [0.2, 0.25) is 11.8 Å². The first-order chi connectivity index (χ1) is 12.6. The Morgan fingerprint density at radius 2 is 1.70 bits per heavy atom. The van der Waals surface area contributed by atoms with Crippen molar-refractivity contribution < 1.29 is 19.4 Å². The molecule has 0 saturated carbocycles. The summed E-state index contributed by atoms with van der Waals surface area (Å²) in [4.78, 5) is 22.8. The fraction of sp³-hybridized carbons (Fsp3) is 0.850. The highest BCUT2D eigenvalue weighted by Crippen LogP contribution is 2.42. The normalized spacial score (nSPS) is 27.7. The third-order valence-electron chi connectivity index (χ3n) is 5.66. The van der Waals surface area contributed by atoms with Gasteiger partial charge < -0.3 is 19.5 Å². The molecule has 2 heterocycles. The predicted octanol–water partition coefficient (Wildman–Crippen LogP) is 3.54. The lowest BCUT2D eigenvalue weighted by atomic mass is 9.66. The van der Waals surface area contributed by atoms with Gasteiger partial charge in [0.1, 0.15) is 12.1 Å². The van der Waals surface area contributed by atoms with E-state index < -0.39 is 6.09 Å². The minimum atomic E-state index is -0.849. The number of hydrogen-bond acceptors (Lipinski definition) is 5. The molecule has 0 radical (unpaired) electrons. The van der Waals surface area contributed by atoms with Crippen LogP contribution in [-0.2, 0) is 9.47 Å². The first-order valence-electron chi connectivity index (χ1n) is 9.81. The van der Waals surface area contributed by atoms with Gasteiger partial charge in [0.15, 0.2) is 0 Å². The summed E-state index contributed by atoms with van der Waals surface area (Å²) < 4.78 is 11.3. The van der Waals surface area contributed by atoms with Gasteiger partial charge in [-0.2, -0.15) is 0 Å². The van der Waals surface area contributed by atoms with Crippen molar-refractivity contribution in [3.63, 3.8) is 0 Å². The van der Waals surface area contributed by atoms with Crippen LogP contribution in [0.3, 0.4) is 0 Å². The summed E-state index contributed by atoms with van der Waals surface area (Å²) in [6.07, 6.45) is 0.994. The summed E-state index contributed by atoms with van der Waals surface area (Å²) in [6.45, 7) is 11.8. The van der Waals surface area contributed by atoms with Crippen molar-refractivity contribution in [3.05, 3.63) is 0 Å². The van der Waals surface area contributed by atoms with Crippen LogP contribution in [0.15, 0.2) is 9.98 Å². The van der Waals surface area contributed by atoms with Crippen LogP contribution < -0.4 is 0 Å². The topological polar surface area (TPSA) is 83.7 Å². The number of carbonyl (C=O) groups is 1. The maximum absolute atomic E-state index is 11.5. The first kappa shape index (κ1) is 21.5. The number of methoxy groups -OCH3 is 2. The van der Waals surface area contributed by atoms with Gasteiger partial charge in [0, 0.05) is 13.1 Å². The van der Waals surface area contributed by atoms with Crippen LogP contribution in [0.4, 0.5) is 4.79 Å². The van der Waals surface area contributed by atoms with Gasteiger partial charge in [-0.3, -0.25) is 0 Å². The Bertz CT molecular complexity index is 595. The second kappa shape index (κ2) is 8.48. The summed E-state index contributed by atoms with van der Waals surface area (Å²) in [5.74, 6) is 1.80. The van der Waals surface area contributed by atoms with Crippen LogP contribution in [0.2, 0.25) is 0 Å². The Kier molecular flexibility index (Phi) is 6.76. The average Bonchev–Trinajstić information content (AvgIpc) is 2.60. The molecule has 1 N–H and O–H groups in total. The average molecular weight is 382 g/mol. The number of piperidine rings is 1. The van der Waals surface area contributed by atoms with Crippen molar-refractivity contribution in [1.29, 1.82) is 0 Å². The second-order valence-electron chi connectivity index (χ2n) is 9.00.